The standard InChI is InChI=1S/C19H18BrN3O4/c1-4-17-22-14-6-5-12(20)9-13(14)19(25)23(17)21-10-11-7-15(26-2)18(24)16(8-11)27-3/h5-10,24H,4H2,1-3H3. The number of hydrogen-bond donors (Lipinski definition) is 1. The molecule has 0 aliphatic rings. The molecule has 1 heterocycles. The highest BCUT2D eigenvalue weighted by Gasteiger charge is 2.12. The summed E-state index contributed by atoms with van der Waals surface area (Å²) >= 11 is 3.38. The van der Waals surface area contributed by atoms with Gasteiger partial charge in [-0.1, -0.05) is 22.9 Å². The fraction of sp³-hybridized carbons (Fsp3) is 0.211. The molecular formula is C19H18BrN3O4. The van der Waals surface area contributed by atoms with Gasteiger partial charge in [-0.3, -0.25) is 4.79 Å². The second kappa shape index (κ2) is 7.79. The van der Waals surface area contributed by atoms with Gasteiger partial charge in [0, 0.05) is 16.5 Å². The third-order valence-electron chi connectivity index (χ3n) is 4.02. The van der Waals surface area contributed by atoms with Crippen LogP contribution in [0.2, 0.25) is 0 Å². The zero-order chi connectivity index (χ0) is 19.6. The molecule has 0 spiro atoms. The number of ether oxygens (including phenoxy) is 2. The van der Waals surface area contributed by atoms with Crippen molar-refractivity contribution in [1.29, 1.82) is 0 Å². The van der Waals surface area contributed by atoms with E-state index in [1.807, 2.05) is 13.0 Å². The predicted octanol–water partition coefficient (Wildman–Crippen LogP) is 3.33. The lowest BCUT2D eigenvalue weighted by Crippen LogP contribution is -2.22. The van der Waals surface area contributed by atoms with Gasteiger partial charge in [-0.15, -0.1) is 0 Å². The fourth-order valence-corrected chi connectivity index (χ4v) is 3.02. The number of hydrogen-bond acceptors (Lipinski definition) is 6. The molecule has 0 saturated heterocycles. The van der Waals surface area contributed by atoms with E-state index < -0.39 is 0 Å². The Morgan fingerprint density at radius 1 is 1.22 bits per heavy atom. The summed E-state index contributed by atoms with van der Waals surface area (Å²) < 4.78 is 12.4. The quantitative estimate of drug-likeness (QED) is 0.626. The molecule has 7 nitrogen and oxygen atoms in total. The van der Waals surface area contributed by atoms with Gasteiger partial charge in [0.15, 0.2) is 11.5 Å². The van der Waals surface area contributed by atoms with E-state index in [1.165, 1.54) is 25.1 Å². The fourth-order valence-electron chi connectivity index (χ4n) is 2.66. The number of aromatic nitrogens is 2. The summed E-state index contributed by atoms with van der Waals surface area (Å²) in [6.45, 7) is 1.91. The molecule has 0 amide bonds. The van der Waals surface area contributed by atoms with Crippen molar-refractivity contribution in [1.82, 2.24) is 9.66 Å². The molecule has 3 rings (SSSR count). The smallest absolute Gasteiger partial charge is 0.282 e. The lowest BCUT2D eigenvalue weighted by molar-refractivity contribution is 0.340. The van der Waals surface area contributed by atoms with Crippen LogP contribution in [0.1, 0.15) is 18.3 Å². The molecule has 0 unspecified atom stereocenters. The van der Waals surface area contributed by atoms with Gasteiger partial charge in [0.2, 0.25) is 5.75 Å². The molecule has 0 aliphatic heterocycles. The van der Waals surface area contributed by atoms with Gasteiger partial charge in [-0.05, 0) is 30.3 Å². The number of aryl methyl sites for hydroxylation is 1. The average Bonchev–Trinajstić information content (AvgIpc) is 2.68. The Morgan fingerprint density at radius 2 is 1.89 bits per heavy atom. The van der Waals surface area contributed by atoms with Crippen LogP contribution in [0.3, 0.4) is 0 Å². The Labute approximate surface area is 164 Å². The maximum absolute atomic E-state index is 12.9. The largest absolute Gasteiger partial charge is 0.502 e. The molecule has 0 saturated carbocycles. The lowest BCUT2D eigenvalue weighted by Gasteiger charge is -2.10. The summed E-state index contributed by atoms with van der Waals surface area (Å²) in [5.74, 6) is 0.948. The first kappa shape index (κ1) is 18.9. The summed E-state index contributed by atoms with van der Waals surface area (Å²) in [7, 11) is 2.89. The molecule has 1 N–H and O–H groups in total. The molecule has 8 heteroatoms. The van der Waals surface area contributed by atoms with Gasteiger partial charge in [0.1, 0.15) is 5.82 Å². The molecule has 1 aromatic heterocycles. The highest BCUT2D eigenvalue weighted by Crippen LogP contribution is 2.36. The van der Waals surface area contributed by atoms with Crippen LogP contribution in [0.5, 0.6) is 17.2 Å². The topological polar surface area (TPSA) is 85.9 Å². The number of fused-ring (bicyclic) bond motifs is 1. The third-order valence-corrected chi connectivity index (χ3v) is 4.51. The van der Waals surface area contributed by atoms with E-state index in [1.54, 1.807) is 24.3 Å². The number of phenols is 1. The summed E-state index contributed by atoms with van der Waals surface area (Å²) in [4.78, 5) is 17.4. The minimum atomic E-state index is -0.257. The summed E-state index contributed by atoms with van der Waals surface area (Å²) in [5, 5.41) is 14.8. The van der Waals surface area contributed by atoms with Crippen LogP contribution in [-0.4, -0.2) is 35.2 Å². The van der Waals surface area contributed by atoms with E-state index in [9.17, 15) is 9.90 Å². The Kier molecular flexibility index (Phi) is 5.46. The van der Waals surface area contributed by atoms with E-state index in [-0.39, 0.29) is 22.8 Å². The van der Waals surface area contributed by atoms with Crippen LogP contribution in [0.25, 0.3) is 10.9 Å². The van der Waals surface area contributed by atoms with Crippen molar-refractivity contribution in [3.05, 3.63) is 56.5 Å². The van der Waals surface area contributed by atoms with Gasteiger partial charge in [0.05, 0.1) is 31.3 Å². The molecule has 0 fully saturated rings. The zero-order valence-electron chi connectivity index (χ0n) is 15.1. The van der Waals surface area contributed by atoms with Crippen LogP contribution in [0.15, 0.2) is 44.7 Å². The SMILES string of the molecule is CCc1nc2ccc(Br)cc2c(=O)n1N=Cc1cc(OC)c(O)c(OC)c1. The molecule has 0 bridgehead atoms. The van der Waals surface area contributed by atoms with Crippen molar-refractivity contribution < 1.29 is 14.6 Å². The van der Waals surface area contributed by atoms with E-state index in [4.69, 9.17) is 9.47 Å². The molecule has 0 atom stereocenters. The van der Waals surface area contributed by atoms with Crippen LogP contribution < -0.4 is 15.0 Å². The van der Waals surface area contributed by atoms with Crippen molar-refractivity contribution in [2.75, 3.05) is 14.2 Å². The first-order chi connectivity index (χ1) is 13.0. The van der Waals surface area contributed by atoms with Crippen molar-refractivity contribution in [3.63, 3.8) is 0 Å². The van der Waals surface area contributed by atoms with E-state index in [0.29, 0.717) is 28.7 Å². The highest BCUT2D eigenvalue weighted by molar-refractivity contribution is 9.10. The molecule has 2 aromatic carbocycles. The van der Waals surface area contributed by atoms with Crippen molar-refractivity contribution in [2.45, 2.75) is 13.3 Å². The average molecular weight is 432 g/mol. The number of methoxy groups -OCH3 is 2. The summed E-state index contributed by atoms with van der Waals surface area (Å²) in [5.41, 5.74) is 0.969. The van der Waals surface area contributed by atoms with Crippen LogP contribution in [0, 0.1) is 0 Å². The molecular weight excluding hydrogens is 414 g/mol. The van der Waals surface area contributed by atoms with Gasteiger partial charge < -0.3 is 14.6 Å². The first-order valence-electron chi connectivity index (χ1n) is 8.19. The Bertz CT molecular complexity index is 1070. The normalized spacial score (nSPS) is 11.3. The Balaban J connectivity index is 2.13. The van der Waals surface area contributed by atoms with Gasteiger partial charge in [-0.2, -0.15) is 9.78 Å². The summed E-state index contributed by atoms with van der Waals surface area (Å²) in [6, 6.07) is 8.56. The maximum atomic E-state index is 12.9. The van der Waals surface area contributed by atoms with Crippen molar-refractivity contribution in [3.8, 4) is 17.2 Å². The third kappa shape index (κ3) is 3.66. The van der Waals surface area contributed by atoms with E-state index in [2.05, 4.69) is 26.0 Å². The van der Waals surface area contributed by atoms with Crippen LogP contribution in [0.4, 0.5) is 0 Å². The number of nitrogens with zero attached hydrogens (tertiary/aromatic N) is 3. The van der Waals surface area contributed by atoms with Crippen molar-refractivity contribution in [2.24, 2.45) is 5.10 Å². The maximum Gasteiger partial charge on any atom is 0.282 e. The molecule has 0 aliphatic carbocycles. The minimum absolute atomic E-state index is 0.0965. The van der Waals surface area contributed by atoms with Crippen LogP contribution in [-0.2, 0) is 6.42 Å². The molecule has 27 heavy (non-hydrogen) atoms. The second-order valence-electron chi connectivity index (χ2n) is 5.68. The second-order valence-corrected chi connectivity index (χ2v) is 6.59. The number of benzene rings is 2. The molecule has 140 valence electrons. The Hall–Kier alpha value is -2.87. The molecule has 3 aromatic rings. The first-order valence-corrected chi connectivity index (χ1v) is 8.98. The predicted molar refractivity (Wildman–Crippen MR) is 107 cm³/mol. The number of halogens is 1. The van der Waals surface area contributed by atoms with Crippen molar-refractivity contribution >= 4 is 33.0 Å². The van der Waals surface area contributed by atoms with Gasteiger partial charge in [-0.25, -0.2) is 4.98 Å². The Morgan fingerprint density at radius 3 is 2.48 bits per heavy atom. The van der Waals surface area contributed by atoms with Crippen LogP contribution >= 0.6 is 15.9 Å². The zero-order valence-corrected chi connectivity index (χ0v) is 16.6. The van der Waals surface area contributed by atoms with Gasteiger partial charge in [0.25, 0.3) is 5.56 Å². The monoisotopic (exact) mass is 431 g/mol. The highest BCUT2D eigenvalue weighted by atomic mass is 79.9. The van der Waals surface area contributed by atoms with Gasteiger partial charge >= 0.3 is 0 Å². The number of rotatable bonds is 5. The molecule has 0 radical (unpaired) electrons. The minimum Gasteiger partial charge on any atom is -0.502 e. The summed E-state index contributed by atoms with van der Waals surface area (Å²) in [6.07, 6.45) is 2.04. The number of phenolic OH excluding ortho intramolecular Hbond substituents is 1. The van der Waals surface area contributed by atoms with E-state index >= 15 is 0 Å². The van der Waals surface area contributed by atoms with E-state index in [0.717, 1.165) is 4.47 Å². The number of aromatic hydroxyl groups is 1. The lowest BCUT2D eigenvalue weighted by atomic mass is 10.2.